The predicted molar refractivity (Wildman–Crippen MR) is 91.2 cm³/mol. The maximum atomic E-state index is 12.0. The number of carbonyl (C=O) groups is 1. The van der Waals surface area contributed by atoms with Crippen molar-refractivity contribution in [2.24, 2.45) is 5.73 Å². The molecule has 114 valence electrons. The molecule has 0 radical (unpaired) electrons. The minimum absolute atomic E-state index is 0.163. The van der Waals surface area contributed by atoms with E-state index in [1.165, 1.54) is 33.4 Å². The van der Waals surface area contributed by atoms with Gasteiger partial charge in [-0.25, -0.2) is 0 Å². The van der Waals surface area contributed by atoms with Gasteiger partial charge in [-0.15, -0.1) is 0 Å². The van der Waals surface area contributed by atoms with Crippen LogP contribution in [0.5, 0.6) is 0 Å². The molecule has 1 atom stereocenters. The lowest BCUT2D eigenvalue weighted by Crippen LogP contribution is -2.05. The molecule has 2 N–H and O–H groups in total. The molecule has 2 nitrogen and oxygen atoms in total. The van der Waals surface area contributed by atoms with E-state index in [1.54, 1.807) is 0 Å². The Morgan fingerprint density at radius 1 is 1.23 bits per heavy atom. The summed E-state index contributed by atoms with van der Waals surface area (Å²) in [6.07, 6.45) is 2.62. The second kappa shape index (κ2) is 5.69. The smallest absolute Gasteiger partial charge is 0.162 e. The highest BCUT2D eigenvalue weighted by Gasteiger charge is 2.23. The molecule has 2 aromatic rings. The zero-order chi connectivity index (χ0) is 15.9. The molecular weight excluding hydrogens is 270 g/mol. The minimum Gasteiger partial charge on any atom is -0.324 e. The van der Waals surface area contributed by atoms with Crippen LogP contribution in [-0.2, 0) is 6.42 Å². The monoisotopic (exact) mass is 293 g/mol. The first-order chi connectivity index (χ1) is 10.5. The van der Waals surface area contributed by atoms with Crippen molar-refractivity contribution in [2.75, 3.05) is 0 Å². The van der Waals surface area contributed by atoms with Gasteiger partial charge in [0.1, 0.15) is 0 Å². The third-order valence-corrected chi connectivity index (χ3v) is 4.76. The average Bonchev–Trinajstić information content (AvgIpc) is 2.88. The normalized spacial score (nSPS) is 16.6. The van der Waals surface area contributed by atoms with Crippen molar-refractivity contribution in [2.45, 2.75) is 46.1 Å². The van der Waals surface area contributed by atoms with Gasteiger partial charge in [-0.1, -0.05) is 25.1 Å². The van der Waals surface area contributed by atoms with Gasteiger partial charge in [-0.3, -0.25) is 4.79 Å². The number of hydrogen-bond acceptors (Lipinski definition) is 2. The molecule has 0 amide bonds. The van der Waals surface area contributed by atoms with Crippen molar-refractivity contribution >= 4 is 5.78 Å². The maximum Gasteiger partial charge on any atom is 0.162 e. The van der Waals surface area contributed by atoms with Crippen molar-refractivity contribution < 1.29 is 4.79 Å². The van der Waals surface area contributed by atoms with Crippen LogP contribution in [0.3, 0.4) is 0 Å². The number of nitrogens with two attached hydrogens (primary N) is 1. The summed E-state index contributed by atoms with van der Waals surface area (Å²) < 4.78 is 0. The van der Waals surface area contributed by atoms with Crippen LogP contribution in [0.25, 0.3) is 11.1 Å². The second-order valence-corrected chi connectivity index (χ2v) is 6.28. The molecule has 2 aromatic carbocycles. The summed E-state index contributed by atoms with van der Waals surface area (Å²) >= 11 is 0. The van der Waals surface area contributed by atoms with E-state index in [9.17, 15) is 4.79 Å². The molecule has 0 fully saturated rings. The van der Waals surface area contributed by atoms with E-state index in [0.29, 0.717) is 6.42 Å². The van der Waals surface area contributed by atoms with Gasteiger partial charge < -0.3 is 5.73 Å². The van der Waals surface area contributed by atoms with Crippen LogP contribution >= 0.6 is 0 Å². The summed E-state index contributed by atoms with van der Waals surface area (Å²) in [5.41, 5.74) is 14.6. The fraction of sp³-hybridized carbons (Fsp3) is 0.350. The van der Waals surface area contributed by atoms with Crippen LogP contribution in [0.15, 0.2) is 30.3 Å². The van der Waals surface area contributed by atoms with Crippen LogP contribution in [0.4, 0.5) is 0 Å². The lowest BCUT2D eigenvalue weighted by Gasteiger charge is -2.16. The summed E-state index contributed by atoms with van der Waals surface area (Å²) in [5.74, 6) is 0.207. The van der Waals surface area contributed by atoms with Crippen LogP contribution in [0.1, 0.15) is 58.4 Å². The van der Waals surface area contributed by atoms with Crippen molar-refractivity contribution in [1.29, 1.82) is 0 Å². The van der Waals surface area contributed by atoms with E-state index in [2.05, 4.69) is 32.0 Å². The van der Waals surface area contributed by atoms with Crippen molar-refractivity contribution in [3.8, 4) is 11.1 Å². The van der Waals surface area contributed by atoms with Crippen LogP contribution in [0, 0.1) is 13.8 Å². The number of ketones is 1. The van der Waals surface area contributed by atoms with E-state index < -0.39 is 0 Å². The fourth-order valence-corrected chi connectivity index (χ4v) is 3.67. The van der Waals surface area contributed by atoms with Gasteiger partial charge in [-0.2, -0.15) is 0 Å². The molecule has 3 rings (SSSR count). The number of Topliss-reactive ketones (excluding diaryl/α,β-unsaturated/α-hetero) is 1. The minimum atomic E-state index is 0.163. The lowest BCUT2D eigenvalue weighted by molar-refractivity contribution is 0.0988. The van der Waals surface area contributed by atoms with E-state index in [1.807, 2.05) is 19.1 Å². The number of benzene rings is 2. The maximum absolute atomic E-state index is 12.0. The summed E-state index contributed by atoms with van der Waals surface area (Å²) in [6.45, 7) is 6.11. The summed E-state index contributed by atoms with van der Waals surface area (Å²) in [4.78, 5) is 12.0. The van der Waals surface area contributed by atoms with Gasteiger partial charge in [0, 0.05) is 18.0 Å². The molecule has 0 heterocycles. The van der Waals surface area contributed by atoms with Gasteiger partial charge >= 0.3 is 0 Å². The SMILES string of the molecule is CCC(=O)c1cc(C)c(-c2cccc3c2CC[C@H]3N)c(C)c1. The van der Waals surface area contributed by atoms with Crippen LogP contribution in [0.2, 0.25) is 0 Å². The number of fused-ring (bicyclic) bond motifs is 1. The number of hydrogen-bond donors (Lipinski definition) is 1. The first kappa shape index (κ1) is 15.0. The molecule has 1 aliphatic rings. The van der Waals surface area contributed by atoms with Gasteiger partial charge in [0.25, 0.3) is 0 Å². The standard InChI is InChI=1S/C20H23NO/c1-4-19(22)14-10-12(2)20(13(3)11-14)17-7-5-6-16-15(17)8-9-18(16)21/h5-7,10-11,18H,4,8-9,21H2,1-3H3/t18-/m1/s1. The highest BCUT2D eigenvalue weighted by atomic mass is 16.1. The molecule has 2 heteroatoms. The molecule has 1 aliphatic carbocycles. The molecule has 0 bridgehead atoms. The molecule has 22 heavy (non-hydrogen) atoms. The molecule has 0 spiro atoms. The van der Waals surface area contributed by atoms with Crippen LogP contribution in [-0.4, -0.2) is 5.78 Å². The molecular formula is C20H23NO. The Kier molecular flexibility index (Phi) is 3.88. The first-order valence-corrected chi connectivity index (χ1v) is 8.05. The summed E-state index contributed by atoms with van der Waals surface area (Å²) in [6, 6.07) is 10.7. The Bertz CT molecular complexity index is 722. The van der Waals surface area contributed by atoms with Gasteiger partial charge in [0.2, 0.25) is 0 Å². The Balaban J connectivity index is 2.16. The Hall–Kier alpha value is -1.93. The quantitative estimate of drug-likeness (QED) is 0.846. The van der Waals surface area contributed by atoms with E-state index >= 15 is 0 Å². The topological polar surface area (TPSA) is 43.1 Å². The first-order valence-electron chi connectivity index (χ1n) is 8.05. The van der Waals surface area contributed by atoms with E-state index in [-0.39, 0.29) is 11.8 Å². The average molecular weight is 293 g/mol. The highest BCUT2D eigenvalue weighted by Crippen LogP contribution is 2.39. The van der Waals surface area contributed by atoms with Gasteiger partial charge in [-0.05, 0) is 72.2 Å². The molecule has 0 saturated carbocycles. The Labute approximate surface area is 132 Å². The number of aryl methyl sites for hydroxylation is 2. The summed E-state index contributed by atoms with van der Waals surface area (Å²) in [5, 5.41) is 0. The van der Waals surface area contributed by atoms with Gasteiger partial charge in [0.05, 0.1) is 0 Å². The van der Waals surface area contributed by atoms with Crippen LogP contribution < -0.4 is 5.73 Å². The predicted octanol–water partition coefficient (Wildman–Crippen LogP) is 4.51. The molecule has 0 saturated heterocycles. The third kappa shape index (κ3) is 2.38. The molecule has 0 aromatic heterocycles. The van der Waals surface area contributed by atoms with Gasteiger partial charge in [0.15, 0.2) is 5.78 Å². The van der Waals surface area contributed by atoms with Crippen molar-refractivity contribution in [1.82, 2.24) is 0 Å². The van der Waals surface area contributed by atoms with E-state index in [0.717, 1.165) is 18.4 Å². The van der Waals surface area contributed by atoms with Crippen molar-refractivity contribution in [3.63, 3.8) is 0 Å². The largest absolute Gasteiger partial charge is 0.324 e. The fourth-order valence-electron chi connectivity index (χ4n) is 3.67. The number of rotatable bonds is 3. The zero-order valence-electron chi connectivity index (χ0n) is 13.6. The number of carbonyl (C=O) groups excluding carboxylic acids is 1. The highest BCUT2D eigenvalue weighted by molar-refractivity contribution is 5.97. The van der Waals surface area contributed by atoms with Crippen molar-refractivity contribution in [3.05, 3.63) is 58.1 Å². The zero-order valence-corrected chi connectivity index (χ0v) is 13.6. The third-order valence-electron chi connectivity index (χ3n) is 4.76. The van der Waals surface area contributed by atoms with E-state index in [4.69, 9.17) is 5.73 Å². The Morgan fingerprint density at radius 3 is 2.55 bits per heavy atom. The molecule has 0 unspecified atom stereocenters. The Morgan fingerprint density at radius 2 is 1.91 bits per heavy atom. The lowest BCUT2D eigenvalue weighted by atomic mass is 9.88. The second-order valence-electron chi connectivity index (χ2n) is 6.28. The summed E-state index contributed by atoms with van der Waals surface area (Å²) in [7, 11) is 0. The molecule has 0 aliphatic heterocycles.